The average molecular weight is 170 g/mol. The van der Waals surface area contributed by atoms with Crippen molar-refractivity contribution >= 4 is 12.2 Å². The van der Waals surface area contributed by atoms with E-state index in [0.29, 0.717) is 0 Å². The predicted octanol–water partition coefficient (Wildman–Crippen LogP) is 1.84. The van der Waals surface area contributed by atoms with Crippen LogP contribution in [0.3, 0.4) is 0 Å². The second-order valence-electron chi connectivity index (χ2n) is 4.12. The molecule has 1 aromatic rings. The summed E-state index contributed by atoms with van der Waals surface area (Å²) in [6.07, 6.45) is 8.85. The molecule has 0 fully saturated rings. The van der Waals surface area contributed by atoms with E-state index in [2.05, 4.69) is 62.4 Å². The van der Waals surface area contributed by atoms with Gasteiger partial charge in [0.25, 0.3) is 0 Å². The molecule has 0 aliphatic heterocycles. The Labute approximate surface area is 78.9 Å². The van der Waals surface area contributed by atoms with Gasteiger partial charge in [-0.1, -0.05) is 62.4 Å². The van der Waals surface area contributed by atoms with E-state index in [0.717, 1.165) is 0 Å². The van der Waals surface area contributed by atoms with E-state index in [1.165, 1.54) is 10.4 Å². The van der Waals surface area contributed by atoms with Crippen LogP contribution >= 0.6 is 0 Å². The summed E-state index contributed by atoms with van der Waals surface area (Å²) >= 11 is 0. The summed E-state index contributed by atoms with van der Waals surface area (Å²) in [6.45, 7) is 4.44. The van der Waals surface area contributed by atoms with Gasteiger partial charge in [-0.05, 0) is 10.4 Å². The maximum Gasteiger partial charge on any atom is 0.00167 e. The molecular weight excluding hydrogens is 156 g/mol. The Morgan fingerprint density at radius 1 is 1.00 bits per heavy atom. The number of hydrogen-bond donors (Lipinski definition) is 0. The van der Waals surface area contributed by atoms with E-state index in [4.69, 9.17) is 0 Å². The minimum atomic E-state index is 0.170. The van der Waals surface area contributed by atoms with Gasteiger partial charge in [-0.3, -0.25) is 0 Å². The topological polar surface area (TPSA) is 0 Å². The Bertz CT molecular complexity index is 447. The fourth-order valence-corrected chi connectivity index (χ4v) is 1.64. The molecule has 0 saturated heterocycles. The fraction of sp³-hybridized carbons (Fsp3) is 0.231. The Hall–Kier alpha value is -1.30. The van der Waals surface area contributed by atoms with Crippen LogP contribution in [0.15, 0.2) is 36.4 Å². The summed E-state index contributed by atoms with van der Waals surface area (Å²) in [5, 5.41) is 2.64. The van der Waals surface area contributed by atoms with E-state index in [9.17, 15) is 0 Å². The number of benzene rings is 1. The Balaban J connectivity index is 2.77. The van der Waals surface area contributed by atoms with E-state index < -0.39 is 0 Å². The van der Waals surface area contributed by atoms with Crippen LogP contribution in [-0.4, -0.2) is 0 Å². The van der Waals surface area contributed by atoms with Gasteiger partial charge in [-0.2, -0.15) is 0 Å². The zero-order valence-electron chi connectivity index (χ0n) is 8.12. The van der Waals surface area contributed by atoms with Crippen LogP contribution in [0.4, 0.5) is 0 Å². The molecule has 2 rings (SSSR count). The van der Waals surface area contributed by atoms with Gasteiger partial charge in [-0.25, -0.2) is 0 Å². The van der Waals surface area contributed by atoms with Crippen molar-refractivity contribution in [3.63, 3.8) is 0 Å². The number of rotatable bonds is 0. The van der Waals surface area contributed by atoms with Crippen LogP contribution in [0.5, 0.6) is 0 Å². The average Bonchev–Trinajstić information content (AvgIpc) is 2.21. The first-order valence-electron chi connectivity index (χ1n) is 4.65. The minimum absolute atomic E-state index is 0.170. The van der Waals surface area contributed by atoms with E-state index in [1.54, 1.807) is 0 Å². The lowest BCUT2D eigenvalue weighted by molar-refractivity contribution is 0.671. The van der Waals surface area contributed by atoms with E-state index in [-0.39, 0.29) is 5.41 Å². The summed E-state index contributed by atoms with van der Waals surface area (Å²) in [7, 11) is 0. The van der Waals surface area contributed by atoms with Gasteiger partial charge < -0.3 is 0 Å². The third kappa shape index (κ3) is 1.72. The molecule has 0 unspecified atom stereocenters. The van der Waals surface area contributed by atoms with Crippen molar-refractivity contribution in [2.45, 2.75) is 13.8 Å². The molecule has 0 spiro atoms. The van der Waals surface area contributed by atoms with Crippen LogP contribution in [0.2, 0.25) is 0 Å². The quantitative estimate of drug-likeness (QED) is 0.557. The van der Waals surface area contributed by atoms with Crippen LogP contribution in [0.25, 0.3) is 12.2 Å². The Morgan fingerprint density at radius 3 is 2.46 bits per heavy atom. The highest BCUT2D eigenvalue weighted by Gasteiger charge is 2.09. The van der Waals surface area contributed by atoms with Crippen LogP contribution in [-0.2, 0) is 0 Å². The molecule has 1 aliphatic rings. The normalized spacial score (nSPS) is 18.0. The van der Waals surface area contributed by atoms with Gasteiger partial charge in [0.05, 0.1) is 0 Å². The van der Waals surface area contributed by atoms with Crippen molar-refractivity contribution in [2.24, 2.45) is 5.41 Å². The van der Waals surface area contributed by atoms with Gasteiger partial charge in [0.15, 0.2) is 0 Å². The lowest BCUT2D eigenvalue weighted by Gasteiger charge is -2.12. The highest BCUT2D eigenvalue weighted by atomic mass is 14.1. The molecule has 0 N–H and O–H groups in total. The standard InChI is InChI=1S/C13H14/c1-13(2)9-5-8-11-6-3-4-7-12(11)10-13/h3-10H,1-2H3. The van der Waals surface area contributed by atoms with Crippen molar-refractivity contribution in [3.05, 3.63) is 46.9 Å². The van der Waals surface area contributed by atoms with Crippen LogP contribution < -0.4 is 10.4 Å². The molecule has 13 heavy (non-hydrogen) atoms. The molecule has 0 heteroatoms. The van der Waals surface area contributed by atoms with E-state index >= 15 is 0 Å². The highest BCUT2D eigenvalue weighted by Crippen LogP contribution is 2.19. The van der Waals surface area contributed by atoms with Crippen molar-refractivity contribution in [1.29, 1.82) is 0 Å². The first kappa shape index (κ1) is 8.31. The zero-order valence-corrected chi connectivity index (χ0v) is 8.12. The molecule has 0 aromatic heterocycles. The number of hydrogen-bond acceptors (Lipinski definition) is 0. The van der Waals surface area contributed by atoms with Crippen molar-refractivity contribution in [1.82, 2.24) is 0 Å². The lowest BCUT2D eigenvalue weighted by atomic mass is 9.92. The largest absolute Gasteiger partial charge is 0.0750 e. The number of fused-ring (bicyclic) bond motifs is 1. The van der Waals surface area contributed by atoms with Gasteiger partial charge in [0, 0.05) is 5.41 Å². The lowest BCUT2D eigenvalue weighted by Crippen LogP contribution is -2.24. The summed E-state index contributed by atoms with van der Waals surface area (Å²) in [6, 6.07) is 8.48. The minimum Gasteiger partial charge on any atom is -0.0750 e. The second kappa shape index (κ2) is 2.88. The molecule has 0 atom stereocenters. The molecule has 0 nitrogen and oxygen atoms in total. The summed E-state index contributed by atoms with van der Waals surface area (Å²) in [5.74, 6) is 0. The molecule has 0 saturated carbocycles. The molecule has 0 heterocycles. The summed E-state index contributed by atoms with van der Waals surface area (Å²) in [5.41, 5.74) is 0.170. The first-order valence-corrected chi connectivity index (χ1v) is 4.65. The van der Waals surface area contributed by atoms with E-state index in [1.807, 2.05) is 0 Å². The SMILES string of the molecule is CC1(C)C=CC=c2ccccc2=C1. The maximum atomic E-state index is 2.31. The van der Waals surface area contributed by atoms with Gasteiger partial charge in [0.1, 0.15) is 0 Å². The van der Waals surface area contributed by atoms with Crippen molar-refractivity contribution < 1.29 is 0 Å². The molecule has 0 radical (unpaired) electrons. The van der Waals surface area contributed by atoms with Crippen molar-refractivity contribution in [2.75, 3.05) is 0 Å². The maximum absolute atomic E-state index is 2.31. The zero-order chi connectivity index (χ0) is 9.31. The Morgan fingerprint density at radius 2 is 1.69 bits per heavy atom. The third-order valence-corrected chi connectivity index (χ3v) is 2.33. The molecule has 66 valence electrons. The van der Waals surface area contributed by atoms with Crippen molar-refractivity contribution in [3.8, 4) is 0 Å². The molecule has 0 amide bonds. The fourth-order valence-electron chi connectivity index (χ4n) is 1.64. The molecule has 0 bridgehead atoms. The smallest absolute Gasteiger partial charge is 0.00167 e. The van der Waals surface area contributed by atoms with Crippen LogP contribution in [0, 0.1) is 5.41 Å². The summed E-state index contributed by atoms with van der Waals surface area (Å²) < 4.78 is 0. The number of allylic oxidation sites excluding steroid dienone is 2. The van der Waals surface area contributed by atoms with Gasteiger partial charge in [-0.15, -0.1) is 0 Å². The highest BCUT2D eigenvalue weighted by molar-refractivity contribution is 5.48. The predicted molar refractivity (Wildman–Crippen MR) is 57.5 cm³/mol. The summed E-state index contributed by atoms with van der Waals surface area (Å²) in [4.78, 5) is 0. The third-order valence-electron chi connectivity index (χ3n) is 2.33. The molecular formula is C13H14. The second-order valence-corrected chi connectivity index (χ2v) is 4.12. The first-order chi connectivity index (χ1) is 6.17. The molecule has 1 aliphatic carbocycles. The van der Waals surface area contributed by atoms with Crippen LogP contribution in [0.1, 0.15) is 13.8 Å². The van der Waals surface area contributed by atoms with Gasteiger partial charge in [0.2, 0.25) is 0 Å². The Kier molecular flexibility index (Phi) is 1.84. The monoisotopic (exact) mass is 170 g/mol. The van der Waals surface area contributed by atoms with Gasteiger partial charge >= 0.3 is 0 Å². The molecule has 1 aromatic carbocycles.